The molecule has 11 heavy (non-hydrogen) atoms. The molecule has 0 amide bonds. The van der Waals surface area contributed by atoms with Crippen LogP contribution >= 0.6 is 24.4 Å². The summed E-state index contributed by atoms with van der Waals surface area (Å²) in [6.45, 7) is 0. The van der Waals surface area contributed by atoms with Crippen molar-refractivity contribution in [3.05, 3.63) is 0 Å². The van der Waals surface area contributed by atoms with Gasteiger partial charge in [0.1, 0.15) is 0 Å². The van der Waals surface area contributed by atoms with Crippen LogP contribution in [0.15, 0.2) is 0 Å². The molecule has 2 unspecified atom stereocenters. The topological polar surface area (TPSA) is 37.3 Å². The third-order valence-corrected chi connectivity index (χ3v) is 3.63. The minimum atomic E-state index is -0.687. The molecule has 4 heteroatoms. The second-order valence-electron chi connectivity index (χ2n) is 2.75. The molecular formula is C7H12O2S2. The Morgan fingerprint density at radius 2 is 2.55 bits per heavy atom. The molecule has 0 saturated carbocycles. The Bertz CT molecular complexity index is 143. The lowest BCUT2D eigenvalue weighted by atomic mass is 9.94. The van der Waals surface area contributed by atoms with E-state index in [1.54, 1.807) is 0 Å². The second-order valence-corrected chi connectivity index (χ2v) is 4.27. The highest BCUT2D eigenvalue weighted by Gasteiger charge is 2.29. The maximum atomic E-state index is 10.7. The van der Waals surface area contributed by atoms with Gasteiger partial charge in [-0.15, -0.1) is 0 Å². The van der Waals surface area contributed by atoms with Crippen molar-refractivity contribution >= 4 is 30.4 Å². The van der Waals surface area contributed by atoms with E-state index in [9.17, 15) is 4.79 Å². The predicted molar refractivity (Wildman–Crippen MR) is 50.4 cm³/mol. The number of carbonyl (C=O) groups is 1. The SMILES string of the molecule is O=C(O)C(CS)C1CCSC1. The maximum Gasteiger partial charge on any atom is 0.307 e. The van der Waals surface area contributed by atoms with Crippen LogP contribution in [-0.4, -0.2) is 28.3 Å². The van der Waals surface area contributed by atoms with Gasteiger partial charge >= 0.3 is 5.97 Å². The van der Waals surface area contributed by atoms with Gasteiger partial charge in [0.2, 0.25) is 0 Å². The number of rotatable bonds is 3. The van der Waals surface area contributed by atoms with E-state index < -0.39 is 5.97 Å². The molecule has 0 aromatic rings. The Balaban J connectivity index is 2.46. The van der Waals surface area contributed by atoms with Gasteiger partial charge in [-0.25, -0.2) is 0 Å². The lowest BCUT2D eigenvalue weighted by Crippen LogP contribution is -2.24. The zero-order chi connectivity index (χ0) is 8.27. The average Bonchev–Trinajstić information content (AvgIpc) is 2.40. The number of thioether (sulfide) groups is 1. The summed E-state index contributed by atoms with van der Waals surface area (Å²) < 4.78 is 0. The summed E-state index contributed by atoms with van der Waals surface area (Å²) >= 11 is 5.89. The molecule has 1 saturated heterocycles. The summed E-state index contributed by atoms with van der Waals surface area (Å²) in [7, 11) is 0. The zero-order valence-electron chi connectivity index (χ0n) is 6.19. The molecule has 0 aromatic heterocycles. The summed E-state index contributed by atoms with van der Waals surface area (Å²) in [4.78, 5) is 10.7. The summed E-state index contributed by atoms with van der Waals surface area (Å²) in [6, 6.07) is 0. The Labute approximate surface area is 76.2 Å². The fourth-order valence-electron chi connectivity index (χ4n) is 1.30. The number of carboxylic acid groups (broad SMARTS) is 1. The van der Waals surface area contributed by atoms with Gasteiger partial charge in [-0.3, -0.25) is 4.79 Å². The van der Waals surface area contributed by atoms with Gasteiger partial charge in [-0.05, 0) is 23.8 Å². The third-order valence-electron chi connectivity index (χ3n) is 2.05. The molecule has 0 spiro atoms. The van der Waals surface area contributed by atoms with Crippen LogP contribution in [0.3, 0.4) is 0 Å². The Hall–Kier alpha value is 0.170. The first-order chi connectivity index (χ1) is 5.25. The van der Waals surface area contributed by atoms with Crippen molar-refractivity contribution in [3.8, 4) is 0 Å². The van der Waals surface area contributed by atoms with Crippen LogP contribution in [0.2, 0.25) is 0 Å². The first-order valence-electron chi connectivity index (χ1n) is 3.67. The van der Waals surface area contributed by atoms with E-state index in [0.29, 0.717) is 11.7 Å². The maximum absolute atomic E-state index is 10.7. The monoisotopic (exact) mass is 192 g/mol. The number of aliphatic carboxylic acids is 1. The fourth-order valence-corrected chi connectivity index (χ4v) is 3.09. The lowest BCUT2D eigenvalue weighted by molar-refractivity contribution is -0.142. The summed E-state index contributed by atoms with van der Waals surface area (Å²) in [5, 5.41) is 8.78. The highest BCUT2D eigenvalue weighted by molar-refractivity contribution is 7.99. The molecule has 0 radical (unpaired) electrons. The Morgan fingerprint density at radius 1 is 1.82 bits per heavy atom. The van der Waals surface area contributed by atoms with E-state index in [-0.39, 0.29) is 5.92 Å². The molecule has 1 aliphatic heterocycles. The van der Waals surface area contributed by atoms with Gasteiger partial charge < -0.3 is 5.11 Å². The number of hydrogen-bond acceptors (Lipinski definition) is 3. The summed E-state index contributed by atoms with van der Waals surface area (Å²) in [6.07, 6.45) is 1.04. The van der Waals surface area contributed by atoms with Crippen molar-refractivity contribution in [1.29, 1.82) is 0 Å². The van der Waals surface area contributed by atoms with E-state index >= 15 is 0 Å². The Morgan fingerprint density at radius 3 is 2.91 bits per heavy atom. The van der Waals surface area contributed by atoms with Crippen LogP contribution < -0.4 is 0 Å². The van der Waals surface area contributed by atoms with Crippen LogP contribution in [0.1, 0.15) is 6.42 Å². The molecule has 0 aromatic carbocycles. The van der Waals surface area contributed by atoms with E-state index in [0.717, 1.165) is 17.9 Å². The smallest absolute Gasteiger partial charge is 0.307 e. The molecular weight excluding hydrogens is 180 g/mol. The molecule has 1 heterocycles. The standard InChI is InChI=1S/C7H12O2S2/c8-7(9)6(3-10)5-1-2-11-4-5/h5-6,10H,1-4H2,(H,8,9). The number of hydrogen-bond donors (Lipinski definition) is 2. The first-order valence-corrected chi connectivity index (χ1v) is 5.46. The Kier molecular flexibility index (Phi) is 3.59. The van der Waals surface area contributed by atoms with E-state index in [1.165, 1.54) is 0 Å². The van der Waals surface area contributed by atoms with Crippen molar-refractivity contribution in [2.75, 3.05) is 17.3 Å². The minimum Gasteiger partial charge on any atom is -0.481 e. The van der Waals surface area contributed by atoms with Crippen LogP contribution in [-0.2, 0) is 4.79 Å². The molecule has 1 N–H and O–H groups in total. The van der Waals surface area contributed by atoms with E-state index in [4.69, 9.17) is 5.11 Å². The molecule has 1 aliphatic rings. The summed E-state index contributed by atoms with van der Waals surface area (Å²) in [5.74, 6) is 2.02. The van der Waals surface area contributed by atoms with Gasteiger partial charge in [0.25, 0.3) is 0 Å². The second kappa shape index (κ2) is 4.26. The third kappa shape index (κ3) is 2.30. The quantitative estimate of drug-likeness (QED) is 0.663. The number of carboxylic acids is 1. The van der Waals surface area contributed by atoms with E-state index in [2.05, 4.69) is 12.6 Å². The molecule has 1 rings (SSSR count). The van der Waals surface area contributed by atoms with E-state index in [1.807, 2.05) is 11.8 Å². The van der Waals surface area contributed by atoms with Gasteiger partial charge in [0.15, 0.2) is 0 Å². The van der Waals surface area contributed by atoms with Gasteiger partial charge in [-0.2, -0.15) is 24.4 Å². The molecule has 2 nitrogen and oxygen atoms in total. The predicted octanol–water partition coefficient (Wildman–Crippen LogP) is 1.37. The molecule has 1 fully saturated rings. The van der Waals surface area contributed by atoms with Crippen LogP contribution in [0.5, 0.6) is 0 Å². The molecule has 0 aliphatic carbocycles. The molecule has 64 valence electrons. The van der Waals surface area contributed by atoms with Crippen molar-refractivity contribution < 1.29 is 9.90 Å². The van der Waals surface area contributed by atoms with Crippen molar-refractivity contribution in [3.63, 3.8) is 0 Å². The summed E-state index contributed by atoms with van der Waals surface area (Å²) in [5.41, 5.74) is 0. The molecule has 0 bridgehead atoms. The highest BCUT2D eigenvalue weighted by Crippen LogP contribution is 2.30. The zero-order valence-corrected chi connectivity index (χ0v) is 7.90. The first kappa shape index (κ1) is 9.26. The van der Waals surface area contributed by atoms with Crippen LogP contribution in [0.25, 0.3) is 0 Å². The minimum absolute atomic E-state index is 0.228. The van der Waals surface area contributed by atoms with Gasteiger partial charge in [-0.1, -0.05) is 0 Å². The van der Waals surface area contributed by atoms with Gasteiger partial charge in [0.05, 0.1) is 5.92 Å². The molecule has 2 atom stereocenters. The normalized spacial score (nSPS) is 26.8. The lowest BCUT2D eigenvalue weighted by Gasteiger charge is -2.15. The van der Waals surface area contributed by atoms with Crippen LogP contribution in [0, 0.1) is 11.8 Å². The van der Waals surface area contributed by atoms with Crippen molar-refractivity contribution in [1.82, 2.24) is 0 Å². The van der Waals surface area contributed by atoms with Crippen molar-refractivity contribution in [2.45, 2.75) is 6.42 Å². The van der Waals surface area contributed by atoms with Crippen molar-refractivity contribution in [2.24, 2.45) is 11.8 Å². The van der Waals surface area contributed by atoms with Gasteiger partial charge in [0, 0.05) is 5.75 Å². The number of thiol groups is 1. The average molecular weight is 192 g/mol. The highest BCUT2D eigenvalue weighted by atomic mass is 32.2. The largest absolute Gasteiger partial charge is 0.481 e. The van der Waals surface area contributed by atoms with Crippen LogP contribution in [0.4, 0.5) is 0 Å². The fraction of sp³-hybridized carbons (Fsp3) is 0.857.